The Labute approximate surface area is 259 Å². The van der Waals surface area contributed by atoms with Gasteiger partial charge in [-0.25, -0.2) is 19.2 Å². The van der Waals surface area contributed by atoms with Crippen LogP contribution in [0.5, 0.6) is 0 Å². The molecular formula is C31H48N4O9. The lowest BCUT2D eigenvalue weighted by Crippen LogP contribution is -2.62. The highest BCUT2D eigenvalue weighted by molar-refractivity contribution is 5.88. The monoisotopic (exact) mass is 620 g/mol. The molecule has 1 aromatic rings. The van der Waals surface area contributed by atoms with E-state index in [-0.39, 0.29) is 44.9 Å². The molecule has 1 heterocycles. The van der Waals surface area contributed by atoms with E-state index in [9.17, 15) is 24.0 Å². The zero-order valence-corrected chi connectivity index (χ0v) is 26.9. The molecule has 1 fully saturated rings. The summed E-state index contributed by atoms with van der Waals surface area (Å²) in [6.07, 6.45) is -0.527. The molecule has 246 valence electrons. The van der Waals surface area contributed by atoms with Crippen molar-refractivity contribution in [2.75, 3.05) is 26.7 Å². The summed E-state index contributed by atoms with van der Waals surface area (Å²) < 4.78 is 20.9. The van der Waals surface area contributed by atoms with Gasteiger partial charge in [-0.05, 0) is 79.2 Å². The number of alkyl carbamates (subject to hydrolysis) is 3. The number of piperidine rings is 1. The standard InChI is InChI=1S/C31H48N4O9/c1-29(2,3)43-26(38)32-18-12-11-15-23(33-27(39)42-21-22-13-9-8-10-14-22)24(36)35-19-16-31(17-20-35,25(37)41-7)34-28(40)44-30(4,5)6/h8-10,13-14,23H,11-12,15-21H2,1-7H3,(H,32,38)(H,33,39)(H,34,40)/t23-/m1/s1. The Balaban J connectivity index is 2.04. The molecular weight excluding hydrogens is 572 g/mol. The minimum absolute atomic E-state index is 0.0368. The second-order valence-electron chi connectivity index (χ2n) is 12.7. The summed E-state index contributed by atoms with van der Waals surface area (Å²) in [5.74, 6) is -0.982. The van der Waals surface area contributed by atoms with Crippen molar-refractivity contribution in [3.63, 3.8) is 0 Å². The number of hydrogen-bond acceptors (Lipinski definition) is 9. The van der Waals surface area contributed by atoms with Gasteiger partial charge in [0, 0.05) is 19.6 Å². The van der Waals surface area contributed by atoms with Gasteiger partial charge < -0.3 is 39.8 Å². The van der Waals surface area contributed by atoms with Crippen molar-refractivity contribution in [3.05, 3.63) is 35.9 Å². The van der Waals surface area contributed by atoms with Crippen LogP contribution in [0.2, 0.25) is 0 Å². The molecule has 0 spiro atoms. The predicted octanol–water partition coefficient (Wildman–Crippen LogP) is 4.04. The van der Waals surface area contributed by atoms with Gasteiger partial charge >= 0.3 is 24.2 Å². The van der Waals surface area contributed by atoms with Crippen LogP contribution < -0.4 is 16.0 Å². The van der Waals surface area contributed by atoms with Crippen LogP contribution in [0.4, 0.5) is 14.4 Å². The molecule has 0 saturated carbocycles. The number of carbonyl (C=O) groups excluding carboxylic acids is 5. The van der Waals surface area contributed by atoms with E-state index in [0.29, 0.717) is 19.4 Å². The van der Waals surface area contributed by atoms with Gasteiger partial charge in [0.25, 0.3) is 0 Å². The number of unbranched alkanes of at least 4 members (excludes halogenated alkanes) is 1. The first-order valence-electron chi connectivity index (χ1n) is 14.9. The molecule has 1 aromatic carbocycles. The van der Waals surface area contributed by atoms with Gasteiger partial charge in [-0.3, -0.25) is 4.79 Å². The number of ether oxygens (including phenoxy) is 4. The second kappa shape index (κ2) is 16.2. The van der Waals surface area contributed by atoms with Crippen LogP contribution in [0.3, 0.4) is 0 Å². The average molecular weight is 621 g/mol. The molecule has 1 saturated heterocycles. The normalized spacial score (nSPS) is 15.3. The highest BCUT2D eigenvalue weighted by atomic mass is 16.6. The number of likely N-dealkylation sites (tertiary alicyclic amines) is 1. The van der Waals surface area contributed by atoms with Crippen LogP contribution in [-0.2, 0) is 35.1 Å². The van der Waals surface area contributed by atoms with Crippen LogP contribution in [0.1, 0.15) is 79.2 Å². The first-order chi connectivity index (χ1) is 20.5. The van der Waals surface area contributed by atoms with Crippen molar-refractivity contribution in [2.24, 2.45) is 0 Å². The molecule has 0 aliphatic carbocycles. The Kier molecular flexibility index (Phi) is 13.3. The highest BCUT2D eigenvalue weighted by Crippen LogP contribution is 2.26. The number of rotatable bonds is 11. The minimum Gasteiger partial charge on any atom is -0.467 e. The SMILES string of the molecule is COC(=O)C1(NC(=O)OC(C)(C)C)CCN(C(=O)[C@@H](CCCCNC(=O)OC(C)(C)C)NC(=O)OCc2ccccc2)CC1. The van der Waals surface area contributed by atoms with Crippen molar-refractivity contribution >= 4 is 30.2 Å². The van der Waals surface area contributed by atoms with Gasteiger partial charge in [-0.15, -0.1) is 0 Å². The molecule has 13 nitrogen and oxygen atoms in total. The van der Waals surface area contributed by atoms with Crippen molar-refractivity contribution in [1.29, 1.82) is 0 Å². The van der Waals surface area contributed by atoms with Gasteiger partial charge in [0.2, 0.25) is 5.91 Å². The van der Waals surface area contributed by atoms with Gasteiger partial charge in [0.15, 0.2) is 0 Å². The molecule has 0 unspecified atom stereocenters. The van der Waals surface area contributed by atoms with Crippen molar-refractivity contribution in [3.8, 4) is 0 Å². The zero-order chi connectivity index (χ0) is 33.0. The number of nitrogens with zero attached hydrogens (tertiary/aromatic N) is 1. The summed E-state index contributed by atoms with van der Waals surface area (Å²) in [7, 11) is 1.23. The lowest BCUT2D eigenvalue weighted by Gasteiger charge is -2.41. The maximum Gasteiger partial charge on any atom is 0.408 e. The summed E-state index contributed by atoms with van der Waals surface area (Å²) in [5.41, 5.74) is -1.95. The Bertz CT molecular complexity index is 1120. The summed E-state index contributed by atoms with van der Waals surface area (Å²) in [4.78, 5) is 65.1. The van der Waals surface area contributed by atoms with E-state index in [1.54, 1.807) is 46.4 Å². The van der Waals surface area contributed by atoms with E-state index >= 15 is 0 Å². The quantitative estimate of drug-likeness (QED) is 0.188. The molecule has 3 N–H and O–H groups in total. The van der Waals surface area contributed by atoms with Gasteiger partial charge in [-0.1, -0.05) is 30.3 Å². The number of hydrogen-bond donors (Lipinski definition) is 3. The van der Waals surface area contributed by atoms with Gasteiger partial charge in [-0.2, -0.15) is 0 Å². The molecule has 2 rings (SSSR count). The predicted molar refractivity (Wildman–Crippen MR) is 162 cm³/mol. The fourth-order valence-electron chi connectivity index (χ4n) is 4.55. The molecule has 0 bridgehead atoms. The zero-order valence-electron chi connectivity index (χ0n) is 26.9. The molecule has 0 aromatic heterocycles. The maximum absolute atomic E-state index is 13.6. The number of carbonyl (C=O) groups is 5. The number of nitrogens with one attached hydrogen (secondary N) is 3. The minimum atomic E-state index is -1.36. The van der Waals surface area contributed by atoms with E-state index in [0.717, 1.165) is 5.56 Å². The number of benzene rings is 1. The molecule has 4 amide bonds. The molecule has 0 radical (unpaired) electrons. The van der Waals surface area contributed by atoms with Crippen LogP contribution in [0.25, 0.3) is 0 Å². The highest BCUT2D eigenvalue weighted by Gasteiger charge is 2.46. The van der Waals surface area contributed by atoms with Crippen molar-refractivity contribution in [1.82, 2.24) is 20.9 Å². The van der Waals surface area contributed by atoms with Crippen LogP contribution in [0, 0.1) is 0 Å². The third-order valence-corrected chi connectivity index (χ3v) is 6.64. The van der Waals surface area contributed by atoms with Crippen LogP contribution >= 0.6 is 0 Å². The molecule has 1 atom stereocenters. The van der Waals surface area contributed by atoms with Gasteiger partial charge in [0.05, 0.1) is 7.11 Å². The van der Waals surface area contributed by atoms with E-state index in [2.05, 4.69) is 16.0 Å². The Morgan fingerprint density at radius 1 is 0.864 bits per heavy atom. The fourth-order valence-corrected chi connectivity index (χ4v) is 4.55. The number of methoxy groups -OCH3 is 1. The second-order valence-corrected chi connectivity index (χ2v) is 12.7. The Morgan fingerprint density at radius 3 is 2.02 bits per heavy atom. The first-order valence-corrected chi connectivity index (χ1v) is 14.9. The van der Waals surface area contributed by atoms with E-state index in [1.807, 2.05) is 30.3 Å². The smallest absolute Gasteiger partial charge is 0.408 e. The molecule has 13 heteroatoms. The van der Waals surface area contributed by atoms with Crippen molar-refractivity contribution < 1.29 is 42.9 Å². The average Bonchev–Trinajstić information content (AvgIpc) is 2.93. The Hall–Kier alpha value is -4.03. The van der Waals surface area contributed by atoms with E-state index in [1.165, 1.54) is 7.11 Å². The molecule has 1 aliphatic heterocycles. The Morgan fingerprint density at radius 2 is 1.45 bits per heavy atom. The third-order valence-electron chi connectivity index (χ3n) is 6.64. The lowest BCUT2D eigenvalue weighted by atomic mass is 9.87. The lowest BCUT2D eigenvalue weighted by molar-refractivity contribution is -0.153. The summed E-state index contributed by atoms with van der Waals surface area (Å²) in [6, 6.07) is 8.24. The largest absolute Gasteiger partial charge is 0.467 e. The van der Waals surface area contributed by atoms with E-state index in [4.69, 9.17) is 18.9 Å². The topological polar surface area (TPSA) is 162 Å². The number of amides is 4. The third kappa shape index (κ3) is 12.7. The van der Waals surface area contributed by atoms with Gasteiger partial charge in [0.1, 0.15) is 29.4 Å². The maximum atomic E-state index is 13.6. The van der Waals surface area contributed by atoms with Crippen molar-refractivity contribution in [2.45, 2.75) is 103 Å². The summed E-state index contributed by atoms with van der Waals surface area (Å²) >= 11 is 0. The number of esters is 1. The van der Waals surface area contributed by atoms with Crippen LogP contribution in [-0.4, -0.2) is 84.6 Å². The molecule has 44 heavy (non-hydrogen) atoms. The van der Waals surface area contributed by atoms with E-state index < -0.39 is 47.0 Å². The fraction of sp³-hybridized carbons (Fsp3) is 0.645. The molecule has 1 aliphatic rings. The van der Waals surface area contributed by atoms with Crippen LogP contribution in [0.15, 0.2) is 30.3 Å². The summed E-state index contributed by atoms with van der Waals surface area (Å²) in [5, 5.41) is 8.02. The first kappa shape index (κ1) is 36.2. The summed E-state index contributed by atoms with van der Waals surface area (Å²) in [6.45, 7) is 11.1.